The zero-order chi connectivity index (χ0) is 18.2. The highest BCUT2D eigenvalue weighted by Crippen LogP contribution is 2.21. The maximum atomic E-state index is 12.3. The summed E-state index contributed by atoms with van der Waals surface area (Å²) in [6, 6.07) is 16.5. The smallest absolute Gasteiger partial charge is 0.267 e. The molecule has 0 fully saturated rings. The first-order chi connectivity index (χ1) is 12.1. The lowest BCUT2D eigenvalue weighted by Gasteiger charge is -2.11. The largest absolute Gasteiger partial charge is 0.360 e. The highest BCUT2D eigenvalue weighted by Gasteiger charge is 2.12. The van der Waals surface area contributed by atoms with Crippen molar-refractivity contribution in [3.63, 3.8) is 0 Å². The second kappa shape index (κ2) is 8.33. The number of nitriles is 2. The monoisotopic (exact) mass is 330 g/mol. The predicted octanol–water partition coefficient (Wildman–Crippen LogP) is 3.89. The number of hydrogen-bond donors (Lipinski definition) is 2. The molecule has 2 N–H and O–H groups in total. The summed E-state index contributed by atoms with van der Waals surface area (Å²) in [4.78, 5) is 12.3. The third-order valence-electron chi connectivity index (χ3n) is 3.76. The van der Waals surface area contributed by atoms with E-state index in [1.165, 1.54) is 6.20 Å². The number of rotatable bonds is 5. The topological polar surface area (TPSA) is 88.7 Å². The van der Waals surface area contributed by atoms with Crippen LogP contribution >= 0.6 is 0 Å². The number of amides is 1. The van der Waals surface area contributed by atoms with Crippen LogP contribution < -0.4 is 10.6 Å². The van der Waals surface area contributed by atoms with Gasteiger partial charge >= 0.3 is 0 Å². The number of benzene rings is 2. The van der Waals surface area contributed by atoms with E-state index in [4.69, 9.17) is 5.26 Å². The molecule has 0 aliphatic rings. The Kier molecular flexibility index (Phi) is 5.92. The fourth-order valence-electron chi connectivity index (χ4n) is 2.40. The zero-order valence-corrected chi connectivity index (χ0v) is 14.1. The standard InChI is InChI=1S/C20H18N4O/c1-3-15-9-6-7-14(2)19(15)23-13-17(12-22)20(25)24-18-10-5-4-8-16(18)11-21/h4-10,13,23H,3H2,1-2H3,(H,24,25)/b17-13-. The Balaban J connectivity index is 2.23. The molecular weight excluding hydrogens is 312 g/mol. The average Bonchev–Trinajstić information content (AvgIpc) is 2.63. The number of nitrogens with one attached hydrogen (secondary N) is 2. The van der Waals surface area contributed by atoms with Crippen LogP contribution in [0.5, 0.6) is 0 Å². The van der Waals surface area contributed by atoms with Crippen LogP contribution in [0.2, 0.25) is 0 Å². The first-order valence-electron chi connectivity index (χ1n) is 7.86. The summed E-state index contributed by atoms with van der Waals surface area (Å²) in [5.74, 6) is -0.565. The van der Waals surface area contributed by atoms with Gasteiger partial charge in [0.25, 0.3) is 5.91 Å². The molecule has 0 radical (unpaired) electrons. The van der Waals surface area contributed by atoms with Crippen LogP contribution in [0, 0.1) is 29.6 Å². The van der Waals surface area contributed by atoms with E-state index >= 15 is 0 Å². The van der Waals surface area contributed by atoms with Gasteiger partial charge in [0.05, 0.1) is 11.3 Å². The van der Waals surface area contributed by atoms with E-state index in [0.717, 1.165) is 23.2 Å². The lowest BCUT2D eigenvalue weighted by molar-refractivity contribution is -0.112. The van der Waals surface area contributed by atoms with Crippen molar-refractivity contribution in [3.05, 3.63) is 70.9 Å². The first kappa shape index (κ1) is 17.8. The fourth-order valence-corrected chi connectivity index (χ4v) is 2.40. The minimum atomic E-state index is -0.565. The van der Waals surface area contributed by atoms with E-state index in [2.05, 4.69) is 10.6 Å². The molecule has 5 heteroatoms. The molecule has 0 saturated heterocycles. The highest BCUT2D eigenvalue weighted by atomic mass is 16.1. The number of aryl methyl sites for hydroxylation is 2. The fraction of sp³-hybridized carbons (Fsp3) is 0.150. The van der Waals surface area contributed by atoms with E-state index in [0.29, 0.717) is 11.3 Å². The molecule has 0 bridgehead atoms. The molecule has 0 aromatic heterocycles. The van der Waals surface area contributed by atoms with Gasteiger partial charge in [-0.25, -0.2) is 0 Å². The number of para-hydroxylation sites is 2. The minimum Gasteiger partial charge on any atom is -0.360 e. The SMILES string of the molecule is CCc1cccc(C)c1N/C=C(/C#N)C(=O)Nc1ccccc1C#N. The van der Waals surface area contributed by atoms with Crippen molar-refractivity contribution in [1.29, 1.82) is 10.5 Å². The molecule has 0 heterocycles. The van der Waals surface area contributed by atoms with Gasteiger partial charge in [0.15, 0.2) is 0 Å². The summed E-state index contributed by atoms with van der Waals surface area (Å²) in [7, 11) is 0. The molecule has 0 atom stereocenters. The highest BCUT2D eigenvalue weighted by molar-refractivity contribution is 6.07. The van der Waals surface area contributed by atoms with Crippen molar-refractivity contribution < 1.29 is 4.79 Å². The van der Waals surface area contributed by atoms with Crippen LogP contribution in [0.1, 0.15) is 23.6 Å². The quantitative estimate of drug-likeness (QED) is 0.643. The third kappa shape index (κ3) is 4.25. The number of nitrogens with zero attached hydrogens (tertiary/aromatic N) is 2. The Morgan fingerprint density at radius 1 is 1.16 bits per heavy atom. The lowest BCUT2D eigenvalue weighted by Crippen LogP contribution is -2.15. The van der Waals surface area contributed by atoms with Gasteiger partial charge in [0, 0.05) is 11.9 Å². The maximum absolute atomic E-state index is 12.3. The first-order valence-corrected chi connectivity index (χ1v) is 7.86. The van der Waals surface area contributed by atoms with Crippen molar-refractivity contribution >= 4 is 17.3 Å². The molecule has 0 spiro atoms. The Bertz CT molecular complexity index is 901. The lowest BCUT2D eigenvalue weighted by atomic mass is 10.1. The second-order valence-corrected chi connectivity index (χ2v) is 5.39. The minimum absolute atomic E-state index is 0.0713. The summed E-state index contributed by atoms with van der Waals surface area (Å²) in [5, 5.41) is 24.0. The summed E-state index contributed by atoms with van der Waals surface area (Å²) in [6.45, 7) is 4.00. The van der Waals surface area contributed by atoms with E-state index in [9.17, 15) is 10.1 Å². The molecule has 0 unspecified atom stereocenters. The zero-order valence-electron chi connectivity index (χ0n) is 14.1. The van der Waals surface area contributed by atoms with Crippen LogP contribution in [-0.2, 0) is 11.2 Å². The summed E-state index contributed by atoms with van der Waals surface area (Å²) in [6.07, 6.45) is 2.23. The van der Waals surface area contributed by atoms with Crippen molar-refractivity contribution in [3.8, 4) is 12.1 Å². The molecule has 124 valence electrons. The van der Waals surface area contributed by atoms with Gasteiger partial charge in [0.1, 0.15) is 17.7 Å². The van der Waals surface area contributed by atoms with Crippen LogP contribution in [0.4, 0.5) is 11.4 Å². The average molecular weight is 330 g/mol. The van der Waals surface area contributed by atoms with Crippen LogP contribution in [-0.4, -0.2) is 5.91 Å². The Labute approximate surface area is 147 Å². The molecule has 2 aromatic rings. The molecule has 1 amide bonds. The van der Waals surface area contributed by atoms with Gasteiger partial charge < -0.3 is 10.6 Å². The molecule has 0 aliphatic heterocycles. The van der Waals surface area contributed by atoms with Gasteiger partial charge in [-0.1, -0.05) is 37.3 Å². The maximum Gasteiger partial charge on any atom is 0.267 e. The summed E-state index contributed by atoms with van der Waals surface area (Å²) >= 11 is 0. The molecule has 2 aromatic carbocycles. The Hall–Kier alpha value is -3.57. The van der Waals surface area contributed by atoms with Gasteiger partial charge in [-0.2, -0.15) is 10.5 Å². The molecule has 25 heavy (non-hydrogen) atoms. The predicted molar refractivity (Wildman–Crippen MR) is 97.7 cm³/mol. The Morgan fingerprint density at radius 3 is 2.60 bits per heavy atom. The third-order valence-corrected chi connectivity index (χ3v) is 3.76. The van der Waals surface area contributed by atoms with Crippen molar-refractivity contribution in [1.82, 2.24) is 0 Å². The van der Waals surface area contributed by atoms with E-state index in [1.54, 1.807) is 24.3 Å². The molecular formula is C20H18N4O. The normalized spacial score (nSPS) is 10.5. The van der Waals surface area contributed by atoms with E-state index in [1.807, 2.05) is 44.2 Å². The number of anilines is 2. The van der Waals surface area contributed by atoms with Crippen LogP contribution in [0.15, 0.2) is 54.2 Å². The number of carbonyl (C=O) groups is 1. The molecule has 0 saturated carbocycles. The molecule has 5 nitrogen and oxygen atoms in total. The van der Waals surface area contributed by atoms with Gasteiger partial charge in [0.2, 0.25) is 0 Å². The number of hydrogen-bond acceptors (Lipinski definition) is 4. The summed E-state index contributed by atoms with van der Waals surface area (Å²) in [5.41, 5.74) is 3.67. The van der Waals surface area contributed by atoms with Crippen LogP contribution in [0.25, 0.3) is 0 Å². The molecule has 2 rings (SSSR count). The van der Waals surface area contributed by atoms with Crippen molar-refractivity contribution in [2.75, 3.05) is 10.6 Å². The van der Waals surface area contributed by atoms with Gasteiger partial charge in [-0.05, 0) is 36.6 Å². The van der Waals surface area contributed by atoms with E-state index < -0.39 is 5.91 Å². The molecule has 0 aliphatic carbocycles. The van der Waals surface area contributed by atoms with E-state index in [-0.39, 0.29) is 5.57 Å². The Morgan fingerprint density at radius 2 is 1.92 bits per heavy atom. The van der Waals surface area contributed by atoms with Crippen molar-refractivity contribution in [2.45, 2.75) is 20.3 Å². The summed E-state index contributed by atoms with van der Waals surface area (Å²) < 4.78 is 0. The second-order valence-electron chi connectivity index (χ2n) is 5.39. The van der Waals surface area contributed by atoms with Crippen molar-refractivity contribution in [2.24, 2.45) is 0 Å². The van der Waals surface area contributed by atoms with Gasteiger partial charge in [-0.15, -0.1) is 0 Å². The van der Waals surface area contributed by atoms with Gasteiger partial charge in [-0.3, -0.25) is 4.79 Å². The number of carbonyl (C=O) groups excluding carboxylic acids is 1. The van der Waals surface area contributed by atoms with Crippen LogP contribution in [0.3, 0.4) is 0 Å².